The van der Waals surface area contributed by atoms with Crippen LogP contribution in [0.15, 0.2) is 48.5 Å². The van der Waals surface area contributed by atoms with Gasteiger partial charge in [-0.3, -0.25) is 0 Å². The number of nitrogen functional groups attached to an aromatic ring is 1. The van der Waals surface area contributed by atoms with Crippen LogP contribution in [0.5, 0.6) is 5.75 Å². The molecule has 3 aromatic rings. The molecule has 0 aliphatic heterocycles. The fraction of sp³-hybridized carbons (Fsp3) is 0.0667. The molecule has 0 saturated heterocycles. The van der Waals surface area contributed by atoms with Crippen LogP contribution in [0.2, 0.25) is 0 Å². The van der Waals surface area contributed by atoms with E-state index in [9.17, 15) is 4.39 Å². The Morgan fingerprint density at radius 1 is 1.14 bits per heavy atom. The van der Waals surface area contributed by atoms with Crippen LogP contribution in [0, 0.1) is 5.82 Å². The van der Waals surface area contributed by atoms with Gasteiger partial charge in [-0.1, -0.05) is 17.3 Å². The third-order valence-corrected chi connectivity index (χ3v) is 3.12. The van der Waals surface area contributed by atoms with Crippen LogP contribution in [-0.2, 0) is 0 Å². The van der Waals surface area contributed by atoms with Gasteiger partial charge in [-0.05, 0) is 36.4 Å². The van der Waals surface area contributed by atoms with Crippen LogP contribution in [0.4, 0.5) is 10.2 Å². The monoisotopic (exact) mass is 284 g/mol. The molecule has 0 saturated carbocycles. The third kappa shape index (κ3) is 2.43. The number of anilines is 1. The van der Waals surface area contributed by atoms with Crippen molar-refractivity contribution >= 4 is 5.82 Å². The normalized spacial score (nSPS) is 10.6. The topological polar surface area (TPSA) is 66.0 Å². The van der Waals surface area contributed by atoms with Crippen molar-refractivity contribution in [3.63, 3.8) is 0 Å². The van der Waals surface area contributed by atoms with Gasteiger partial charge < -0.3 is 10.5 Å². The summed E-state index contributed by atoms with van der Waals surface area (Å²) in [6, 6.07) is 13.3. The first kappa shape index (κ1) is 13.1. The summed E-state index contributed by atoms with van der Waals surface area (Å²) in [5, 5.41) is 8.12. The van der Waals surface area contributed by atoms with Crippen LogP contribution in [0.1, 0.15) is 0 Å². The maximum absolute atomic E-state index is 13.0. The van der Waals surface area contributed by atoms with Gasteiger partial charge in [0.05, 0.1) is 12.8 Å². The minimum Gasteiger partial charge on any atom is -0.497 e. The van der Waals surface area contributed by atoms with Crippen molar-refractivity contribution in [1.82, 2.24) is 15.0 Å². The number of nitrogens with two attached hydrogens (primary N) is 1. The fourth-order valence-electron chi connectivity index (χ4n) is 2.04. The number of nitrogens with zero attached hydrogens (tertiary/aromatic N) is 3. The van der Waals surface area contributed by atoms with Crippen molar-refractivity contribution in [3.8, 4) is 22.7 Å². The molecule has 106 valence electrons. The fourth-order valence-corrected chi connectivity index (χ4v) is 2.04. The van der Waals surface area contributed by atoms with Gasteiger partial charge in [-0.25, -0.2) is 4.39 Å². The summed E-state index contributed by atoms with van der Waals surface area (Å²) < 4.78 is 19.6. The second-order valence-electron chi connectivity index (χ2n) is 4.44. The molecule has 0 bridgehead atoms. The number of ether oxygens (including phenoxy) is 1. The van der Waals surface area contributed by atoms with E-state index < -0.39 is 0 Å². The van der Waals surface area contributed by atoms with Crippen molar-refractivity contribution in [2.75, 3.05) is 12.8 Å². The highest BCUT2D eigenvalue weighted by Gasteiger charge is 2.13. The Hall–Kier alpha value is -2.89. The second kappa shape index (κ2) is 5.24. The molecule has 0 spiro atoms. The number of halogens is 1. The van der Waals surface area contributed by atoms with E-state index in [0.717, 1.165) is 5.56 Å². The highest BCUT2D eigenvalue weighted by Crippen LogP contribution is 2.27. The number of hydrogen-bond acceptors (Lipinski definition) is 4. The first-order valence-corrected chi connectivity index (χ1v) is 6.30. The lowest BCUT2D eigenvalue weighted by Gasteiger charge is -2.04. The Labute approximate surface area is 120 Å². The van der Waals surface area contributed by atoms with Gasteiger partial charge in [-0.15, -0.1) is 5.10 Å². The van der Waals surface area contributed by atoms with Crippen LogP contribution in [0.25, 0.3) is 16.9 Å². The molecular formula is C15H13FN4O. The van der Waals surface area contributed by atoms with Crippen LogP contribution < -0.4 is 10.5 Å². The summed E-state index contributed by atoms with van der Waals surface area (Å²) in [4.78, 5) is 0. The number of rotatable bonds is 3. The molecular weight excluding hydrogens is 271 g/mol. The molecule has 0 fully saturated rings. The zero-order valence-electron chi connectivity index (χ0n) is 11.3. The molecule has 0 radical (unpaired) electrons. The maximum Gasteiger partial charge on any atom is 0.155 e. The lowest BCUT2D eigenvalue weighted by Crippen LogP contribution is -2.02. The zero-order valence-corrected chi connectivity index (χ0v) is 11.3. The first-order valence-electron chi connectivity index (χ1n) is 6.30. The highest BCUT2D eigenvalue weighted by atomic mass is 19.1. The molecule has 0 unspecified atom stereocenters. The van der Waals surface area contributed by atoms with E-state index in [2.05, 4.69) is 10.3 Å². The Morgan fingerprint density at radius 3 is 2.62 bits per heavy atom. The Kier molecular flexibility index (Phi) is 3.27. The summed E-state index contributed by atoms with van der Waals surface area (Å²) in [5.41, 5.74) is 8.11. The third-order valence-electron chi connectivity index (χ3n) is 3.12. The van der Waals surface area contributed by atoms with Crippen molar-refractivity contribution in [2.24, 2.45) is 0 Å². The van der Waals surface area contributed by atoms with Crippen molar-refractivity contribution < 1.29 is 9.13 Å². The predicted molar refractivity (Wildman–Crippen MR) is 77.7 cm³/mol. The molecule has 1 heterocycles. The van der Waals surface area contributed by atoms with E-state index in [1.165, 1.54) is 16.8 Å². The quantitative estimate of drug-likeness (QED) is 0.803. The summed E-state index contributed by atoms with van der Waals surface area (Å²) >= 11 is 0. The summed E-state index contributed by atoms with van der Waals surface area (Å²) in [6.45, 7) is 0. The minimum atomic E-state index is -0.314. The lowest BCUT2D eigenvalue weighted by molar-refractivity contribution is 0.415. The molecule has 0 amide bonds. The molecule has 1 aromatic heterocycles. The zero-order chi connectivity index (χ0) is 14.8. The standard InChI is InChI=1S/C15H13FN4O/c1-21-13-4-2-3-10(9-13)14-15(17)20(19-18-14)12-7-5-11(16)6-8-12/h2-9H,17H2,1H3. The first-order chi connectivity index (χ1) is 10.2. The highest BCUT2D eigenvalue weighted by molar-refractivity contribution is 5.71. The van der Waals surface area contributed by atoms with E-state index >= 15 is 0 Å². The van der Waals surface area contributed by atoms with Crippen LogP contribution >= 0.6 is 0 Å². The largest absolute Gasteiger partial charge is 0.497 e. The number of hydrogen-bond donors (Lipinski definition) is 1. The van der Waals surface area contributed by atoms with E-state index in [1.54, 1.807) is 19.2 Å². The molecule has 0 atom stereocenters. The molecule has 2 N–H and O–H groups in total. The number of methoxy groups -OCH3 is 1. The average Bonchev–Trinajstić information content (AvgIpc) is 2.90. The maximum atomic E-state index is 13.0. The molecule has 3 rings (SSSR count). The van der Waals surface area contributed by atoms with Crippen molar-refractivity contribution in [2.45, 2.75) is 0 Å². The molecule has 6 heteroatoms. The van der Waals surface area contributed by atoms with Gasteiger partial charge in [0.2, 0.25) is 0 Å². The van der Waals surface area contributed by atoms with Crippen LogP contribution in [0.3, 0.4) is 0 Å². The van der Waals surface area contributed by atoms with Gasteiger partial charge in [0, 0.05) is 5.56 Å². The molecule has 0 aliphatic rings. The Morgan fingerprint density at radius 2 is 1.90 bits per heavy atom. The molecule has 5 nitrogen and oxygen atoms in total. The summed E-state index contributed by atoms with van der Waals surface area (Å²) in [6.07, 6.45) is 0. The van der Waals surface area contributed by atoms with Crippen molar-refractivity contribution in [1.29, 1.82) is 0 Å². The van der Waals surface area contributed by atoms with Gasteiger partial charge in [0.25, 0.3) is 0 Å². The summed E-state index contributed by atoms with van der Waals surface area (Å²) in [7, 11) is 1.60. The van der Waals surface area contributed by atoms with Gasteiger partial charge in [0.1, 0.15) is 17.3 Å². The molecule has 0 aliphatic carbocycles. The van der Waals surface area contributed by atoms with E-state index in [-0.39, 0.29) is 5.82 Å². The minimum absolute atomic E-state index is 0.314. The molecule has 2 aromatic carbocycles. The van der Waals surface area contributed by atoms with Gasteiger partial charge in [-0.2, -0.15) is 4.68 Å². The van der Waals surface area contributed by atoms with Gasteiger partial charge in [0.15, 0.2) is 5.82 Å². The SMILES string of the molecule is COc1cccc(-c2nnn(-c3ccc(F)cc3)c2N)c1. The van der Waals surface area contributed by atoms with E-state index in [1.807, 2.05) is 24.3 Å². The van der Waals surface area contributed by atoms with E-state index in [0.29, 0.717) is 22.9 Å². The smallest absolute Gasteiger partial charge is 0.155 e. The lowest BCUT2D eigenvalue weighted by atomic mass is 10.1. The number of aromatic nitrogens is 3. The van der Waals surface area contributed by atoms with Crippen molar-refractivity contribution in [3.05, 3.63) is 54.3 Å². The van der Waals surface area contributed by atoms with Crippen LogP contribution in [-0.4, -0.2) is 22.1 Å². The number of benzene rings is 2. The predicted octanol–water partition coefficient (Wildman–Crippen LogP) is 2.66. The van der Waals surface area contributed by atoms with Gasteiger partial charge >= 0.3 is 0 Å². The average molecular weight is 284 g/mol. The summed E-state index contributed by atoms with van der Waals surface area (Å²) in [5.74, 6) is 0.781. The Bertz CT molecular complexity index is 768. The Balaban J connectivity index is 2.04. The second-order valence-corrected chi connectivity index (χ2v) is 4.44. The molecule has 21 heavy (non-hydrogen) atoms. The van der Waals surface area contributed by atoms with E-state index in [4.69, 9.17) is 10.5 Å².